The Kier molecular flexibility index (Phi) is 7.98. The summed E-state index contributed by atoms with van der Waals surface area (Å²) >= 11 is 1.38. The molecule has 0 aliphatic carbocycles. The Bertz CT molecular complexity index is 1380. The Balaban J connectivity index is 1.35. The van der Waals surface area contributed by atoms with Gasteiger partial charge in [-0.2, -0.15) is 0 Å². The van der Waals surface area contributed by atoms with Crippen LogP contribution in [0, 0.1) is 0 Å². The highest BCUT2D eigenvalue weighted by atomic mass is 32.3. The Morgan fingerprint density at radius 3 is 2.38 bits per heavy atom. The molecule has 8 heteroatoms. The zero-order valence-electron chi connectivity index (χ0n) is 21.3. The van der Waals surface area contributed by atoms with E-state index in [0.29, 0.717) is 23.0 Å². The molecule has 6 nitrogen and oxygen atoms in total. The van der Waals surface area contributed by atoms with E-state index in [1.54, 1.807) is 7.11 Å². The third kappa shape index (κ3) is 6.25. The van der Waals surface area contributed by atoms with Crippen LogP contribution in [0.2, 0.25) is 0 Å². The van der Waals surface area contributed by atoms with Crippen molar-refractivity contribution in [3.63, 3.8) is 0 Å². The highest BCUT2D eigenvalue weighted by molar-refractivity contribution is 8.18. The minimum absolute atomic E-state index is 0.0383. The van der Waals surface area contributed by atoms with Crippen molar-refractivity contribution in [2.45, 2.75) is 30.9 Å². The molecule has 196 valence electrons. The minimum Gasteiger partial charge on any atom is -0.497 e. The van der Waals surface area contributed by atoms with Crippen molar-refractivity contribution >= 4 is 32.4 Å². The van der Waals surface area contributed by atoms with Gasteiger partial charge in [-0.25, -0.2) is 8.42 Å². The highest BCUT2D eigenvalue weighted by Gasteiger charge is 2.28. The van der Waals surface area contributed by atoms with Gasteiger partial charge >= 0.3 is 0 Å². The Morgan fingerprint density at radius 1 is 0.946 bits per heavy atom. The minimum atomic E-state index is -3.24. The molecule has 0 saturated carbocycles. The van der Waals surface area contributed by atoms with Crippen molar-refractivity contribution in [1.82, 2.24) is 4.90 Å². The van der Waals surface area contributed by atoms with Gasteiger partial charge in [-0.05, 0) is 80.2 Å². The van der Waals surface area contributed by atoms with E-state index in [-0.39, 0.29) is 5.25 Å². The van der Waals surface area contributed by atoms with Crippen molar-refractivity contribution in [3.8, 4) is 23.0 Å². The number of methoxy groups -OCH3 is 1. The Labute approximate surface area is 223 Å². The quantitative estimate of drug-likeness (QED) is 0.305. The van der Waals surface area contributed by atoms with Crippen LogP contribution in [0.3, 0.4) is 0 Å². The van der Waals surface area contributed by atoms with Crippen molar-refractivity contribution in [3.05, 3.63) is 70.5 Å². The van der Waals surface area contributed by atoms with Crippen LogP contribution in [0.4, 0.5) is 0 Å². The van der Waals surface area contributed by atoms with Gasteiger partial charge in [0.1, 0.15) is 29.6 Å². The average molecular weight is 540 g/mol. The number of allylic oxidation sites excluding steroid dienone is 1. The van der Waals surface area contributed by atoms with E-state index >= 15 is 0 Å². The molecule has 2 aliphatic heterocycles. The summed E-state index contributed by atoms with van der Waals surface area (Å²) in [5.74, 6) is 3.03. The van der Waals surface area contributed by atoms with E-state index in [2.05, 4.69) is 4.90 Å². The zero-order chi connectivity index (χ0) is 25.8. The lowest BCUT2D eigenvalue weighted by atomic mass is 10.0. The lowest BCUT2D eigenvalue weighted by Crippen LogP contribution is -2.33. The maximum absolute atomic E-state index is 12.1. The molecule has 1 atom stereocenters. The summed E-state index contributed by atoms with van der Waals surface area (Å²) in [6.45, 7) is 3.94. The van der Waals surface area contributed by atoms with Gasteiger partial charge in [0, 0.05) is 29.0 Å². The number of sulfone groups is 1. The molecule has 5 rings (SSSR count). The first-order valence-corrected chi connectivity index (χ1v) is 15.5. The second kappa shape index (κ2) is 11.4. The van der Waals surface area contributed by atoms with Crippen molar-refractivity contribution in [2.24, 2.45) is 0 Å². The fourth-order valence-electron chi connectivity index (χ4n) is 4.86. The number of thioether (sulfide) groups is 1. The van der Waals surface area contributed by atoms with Crippen LogP contribution in [0.15, 0.2) is 64.9 Å². The van der Waals surface area contributed by atoms with Gasteiger partial charge in [-0.3, -0.25) is 4.90 Å². The molecule has 3 aromatic carbocycles. The Hall–Kier alpha value is -2.68. The molecule has 37 heavy (non-hydrogen) atoms. The van der Waals surface area contributed by atoms with E-state index in [1.807, 2.05) is 60.7 Å². The number of benzene rings is 3. The molecule has 0 N–H and O–H groups in total. The van der Waals surface area contributed by atoms with Crippen LogP contribution in [0.5, 0.6) is 23.0 Å². The summed E-state index contributed by atoms with van der Waals surface area (Å²) in [5.41, 5.74) is 0.972. The van der Waals surface area contributed by atoms with Crippen LogP contribution in [0.1, 0.15) is 36.5 Å². The van der Waals surface area contributed by atoms with Gasteiger partial charge < -0.3 is 14.2 Å². The van der Waals surface area contributed by atoms with E-state index in [1.165, 1.54) is 37.3 Å². The van der Waals surface area contributed by atoms with Crippen LogP contribution in [-0.4, -0.2) is 52.9 Å². The summed E-state index contributed by atoms with van der Waals surface area (Å²) in [6.07, 6.45) is 7.59. The number of ether oxygens (including phenoxy) is 3. The molecule has 2 heterocycles. The van der Waals surface area contributed by atoms with E-state index in [9.17, 15) is 8.42 Å². The molecular formula is C29H33NO5S2. The maximum Gasteiger partial charge on any atom is 0.181 e. The largest absolute Gasteiger partial charge is 0.497 e. The molecule has 0 amide bonds. The number of hydrogen-bond acceptors (Lipinski definition) is 7. The molecule has 1 fully saturated rings. The smallest absolute Gasteiger partial charge is 0.181 e. The van der Waals surface area contributed by atoms with Crippen LogP contribution in [-0.2, 0) is 9.84 Å². The summed E-state index contributed by atoms with van der Waals surface area (Å²) < 4.78 is 42.5. The third-order valence-electron chi connectivity index (χ3n) is 6.85. The molecule has 0 spiro atoms. The third-order valence-corrected chi connectivity index (χ3v) is 10.1. The molecule has 3 aromatic rings. The van der Waals surface area contributed by atoms with Crippen molar-refractivity contribution < 1.29 is 22.6 Å². The topological polar surface area (TPSA) is 65.1 Å². The first-order chi connectivity index (χ1) is 17.9. The summed E-state index contributed by atoms with van der Waals surface area (Å²) in [5, 5.41) is 1.91. The molecular weight excluding hydrogens is 506 g/mol. The maximum atomic E-state index is 12.1. The number of likely N-dealkylation sites (tertiary alicyclic amines) is 1. The van der Waals surface area contributed by atoms with Gasteiger partial charge in [-0.1, -0.05) is 24.6 Å². The first kappa shape index (κ1) is 25.9. The first-order valence-electron chi connectivity index (χ1n) is 12.7. The second-order valence-electron chi connectivity index (χ2n) is 9.53. The van der Waals surface area contributed by atoms with Gasteiger partial charge in [-0.15, -0.1) is 11.8 Å². The average Bonchev–Trinajstić information content (AvgIpc) is 3.41. The predicted molar refractivity (Wildman–Crippen MR) is 151 cm³/mol. The van der Waals surface area contributed by atoms with E-state index in [0.717, 1.165) is 53.2 Å². The van der Waals surface area contributed by atoms with Gasteiger partial charge in [0.2, 0.25) is 0 Å². The van der Waals surface area contributed by atoms with E-state index < -0.39 is 9.84 Å². The summed E-state index contributed by atoms with van der Waals surface area (Å²) in [7, 11) is -1.59. The summed E-state index contributed by atoms with van der Waals surface area (Å²) in [6, 6.07) is 17.7. The molecule has 0 aromatic heterocycles. The number of piperidine rings is 1. The van der Waals surface area contributed by atoms with E-state index in [4.69, 9.17) is 14.2 Å². The Morgan fingerprint density at radius 2 is 1.68 bits per heavy atom. The molecule has 1 saturated heterocycles. The summed E-state index contributed by atoms with van der Waals surface area (Å²) in [4.78, 5) is 2.46. The fourth-order valence-corrected chi connectivity index (χ4v) is 7.28. The second-order valence-corrected chi connectivity index (χ2v) is 13.0. The fraction of sp³-hybridized carbons (Fsp3) is 0.379. The molecule has 0 radical (unpaired) electrons. The normalized spacial score (nSPS) is 18.5. The standard InChI is InChI=1S/C29H33NO5S2/c1-33-24-11-13-25-21(20-24)6-12-26(27-14-15-28(36-27)37(2,31)32)29(25)35-23-9-7-22(8-10-23)34-19-18-30-16-4-3-5-17-30/h6-13,15,20,27H,3-5,14,16-19H2,1-2H3. The number of nitrogens with zero attached hydrogens (tertiary/aromatic N) is 1. The van der Waals surface area contributed by atoms with Crippen molar-refractivity contribution in [1.29, 1.82) is 0 Å². The van der Waals surface area contributed by atoms with Crippen LogP contribution < -0.4 is 14.2 Å². The monoisotopic (exact) mass is 539 g/mol. The zero-order valence-corrected chi connectivity index (χ0v) is 22.9. The lowest BCUT2D eigenvalue weighted by Gasteiger charge is -2.26. The number of hydrogen-bond donors (Lipinski definition) is 0. The van der Waals surface area contributed by atoms with Crippen LogP contribution >= 0.6 is 11.8 Å². The lowest BCUT2D eigenvalue weighted by molar-refractivity contribution is 0.183. The molecule has 2 aliphatic rings. The molecule has 1 unspecified atom stereocenters. The van der Waals surface area contributed by atoms with Gasteiger partial charge in [0.15, 0.2) is 9.84 Å². The predicted octanol–water partition coefficient (Wildman–Crippen LogP) is 6.57. The SMILES string of the molecule is COc1ccc2c(Oc3ccc(OCCN4CCCCC4)cc3)c(C3CC=C(S(C)(=O)=O)S3)ccc2c1. The van der Waals surface area contributed by atoms with Crippen LogP contribution in [0.25, 0.3) is 10.8 Å². The molecule has 0 bridgehead atoms. The van der Waals surface area contributed by atoms with Gasteiger partial charge in [0.25, 0.3) is 0 Å². The van der Waals surface area contributed by atoms with Crippen molar-refractivity contribution in [2.75, 3.05) is 39.6 Å². The number of rotatable bonds is 9. The van der Waals surface area contributed by atoms with Gasteiger partial charge in [0.05, 0.1) is 11.3 Å². The highest BCUT2D eigenvalue weighted by Crippen LogP contribution is 2.50. The number of fused-ring (bicyclic) bond motifs is 1.